The highest BCUT2D eigenvalue weighted by molar-refractivity contribution is 6.51. The highest BCUT2D eigenvalue weighted by atomic mass is 16.6. The number of fused-ring (bicyclic) bond motifs is 1. The van der Waals surface area contributed by atoms with E-state index in [1.807, 2.05) is 6.07 Å². The van der Waals surface area contributed by atoms with Gasteiger partial charge in [0.25, 0.3) is 11.7 Å². The molecule has 1 atom stereocenters. The molecule has 2 aliphatic heterocycles. The molecule has 0 spiro atoms. The van der Waals surface area contributed by atoms with Gasteiger partial charge < -0.3 is 19.0 Å². The van der Waals surface area contributed by atoms with Crippen molar-refractivity contribution >= 4 is 23.1 Å². The molecule has 1 amide bonds. The summed E-state index contributed by atoms with van der Waals surface area (Å²) in [5, 5.41) is 20.2. The van der Waals surface area contributed by atoms with E-state index in [9.17, 15) is 14.7 Å². The number of nitriles is 1. The third-order valence-corrected chi connectivity index (χ3v) is 5.35. The molecule has 5 rings (SSSR count). The fourth-order valence-corrected chi connectivity index (χ4v) is 3.86. The zero-order valence-electron chi connectivity index (χ0n) is 16.6. The number of aliphatic hydroxyl groups is 1. The largest absolute Gasteiger partial charge is 0.507 e. The molecule has 1 aromatic heterocycles. The van der Waals surface area contributed by atoms with Gasteiger partial charge in [-0.25, -0.2) is 0 Å². The molecule has 2 aromatic carbocycles. The summed E-state index contributed by atoms with van der Waals surface area (Å²) in [6.45, 7) is 0.791. The van der Waals surface area contributed by atoms with Crippen molar-refractivity contribution in [2.24, 2.45) is 0 Å². The molecule has 1 fully saturated rings. The van der Waals surface area contributed by atoms with Gasteiger partial charge in [-0.1, -0.05) is 0 Å². The molecule has 1 N–H and O–H groups in total. The number of Topliss-reactive ketones (excluding diaryl/α,β-unsaturated/α-hetero) is 1. The monoisotopic (exact) mass is 428 g/mol. The summed E-state index contributed by atoms with van der Waals surface area (Å²) in [5.41, 5.74) is 1.01. The molecule has 0 saturated carbocycles. The lowest BCUT2D eigenvalue weighted by atomic mass is 9.99. The molecule has 1 saturated heterocycles. The number of amides is 1. The molecule has 1 unspecified atom stereocenters. The smallest absolute Gasteiger partial charge is 0.300 e. The molecule has 3 aromatic rings. The van der Waals surface area contributed by atoms with Crippen molar-refractivity contribution in [3.8, 4) is 17.6 Å². The van der Waals surface area contributed by atoms with Crippen LogP contribution in [0.15, 0.2) is 70.9 Å². The zero-order chi connectivity index (χ0) is 22.2. The maximum absolute atomic E-state index is 13.1. The Morgan fingerprint density at radius 2 is 1.78 bits per heavy atom. The fraction of sp³-hybridized carbons (Fsp3) is 0.125. The average molecular weight is 428 g/mol. The maximum Gasteiger partial charge on any atom is 0.300 e. The van der Waals surface area contributed by atoms with Crippen molar-refractivity contribution in [1.29, 1.82) is 5.26 Å². The third-order valence-electron chi connectivity index (χ3n) is 5.35. The van der Waals surface area contributed by atoms with Crippen LogP contribution in [-0.2, 0) is 9.59 Å². The van der Waals surface area contributed by atoms with Gasteiger partial charge in [-0.05, 0) is 54.6 Å². The molecule has 3 heterocycles. The number of furan rings is 1. The number of nitrogens with zero attached hydrogens (tertiary/aromatic N) is 2. The number of carbonyl (C=O) groups excluding carboxylic acids is 2. The van der Waals surface area contributed by atoms with E-state index in [1.165, 1.54) is 11.2 Å². The minimum Gasteiger partial charge on any atom is -0.507 e. The third kappa shape index (κ3) is 3.08. The van der Waals surface area contributed by atoms with Gasteiger partial charge in [0.05, 0.1) is 23.5 Å². The van der Waals surface area contributed by atoms with Gasteiger partial charge in [0.2, 0.25) is 0 Å². The first-order chi connectivity index (χ1) is 15.6. The van der Waals surface area contributed by atoms with Crippen molar-refractivity contribution in [2.45, 2.75) is 6.04 Å². The minimum atomic E-state index is -0.980. The number of hydrogen-bond acceptors (Lipinski definition) is 7. The quantitative estimate of drug-likeness (QED) is 0.386. The van der Waals surface area contributed by atoms with Crippen LogP contribution in [0.1, 0.15) is 22.9 Å². The lowest BCUT2D eigenvalue weighted by Gasteiger charge is -2.23. The van der Waals surface area contributed by atoms with E-state index in [-0.39, 0.29) is 11.3 Å². The van der Waals surface area contributed by atoms with Gasteiger partial charge in [0.15, 0.2) is 11.5 Å². The van der Waals surface area contributed by atoms with Gasteiger partial charge in [0.1, 0.15) is 30.8 Å². The van der Waals surface area contributed by atoms with Crippen LogP contribution >= 0.6 is 0 Å². The summed E-state index contributed by atoms with van der Waals surface area (Å²) in [6, 6.07) is 15.4. The fourth-order valence-electron chi connectivity index (χ4n) is 3.86. The van der Waals surface area contributed by atoms with Crippen LogP contribution in [0.3, 0.4) is 0 Å². The minimum absolute atomic E-state index is 0.106. The van der Waals surface area contributed by atoms with Crippen molar-refractivity contribution in [2.75, 3.05) is 18.1 Å². The molecule has 158 valence electrons. The van der Waals surface area contributed by atoms with E-state index in [2.05, 4.69) is 0 Å². The van der Waals surface area contributed by atoms with E-state index in [0.29, 0.717) is 47.3 Å². The van der Waals surface area contributed by atoms with Gasteiger partial charge in [-0.3, -0.25) is 14.5 Å². The summed E-state index contributed by atoms with van der Waals surface area (Å²) >= 11 is 0. The molecular formula is C24H16N2O6. The number of ketones is 1. The Morgan fingerprint density at radius 3 is 2.47 bits per heavy atom. The van der Waals surface area contributed by atoms with Crippen molar-refractivity contribution < 1.29 is 28.6 Å². The van der Waals surface area contributed by atoms with Crippen LogP contribution < -0.4 is 14.4 Å². The second-order valence-corrected chi connectivity index (χ2v) is 7.20. The number of rotatable bonds is 3. The van der Waals surface area contributed by atoms with Gasteiger partial charge >= 0.3 is 0 Å². The lowest BCUT2D eigenvalue weighted by Crippen LogP contribution is -2.29. The van der Waals surface area contributed by atoms with E-state index < -0.39 is 17.7 Å². The molecule has 8 heteroatoms. The first kappa shape index (κ1) is 19.5. The standard InChI is InChI=1S/C24H16N2O6/c25-13-14-3-6-16(7-4-14)26-21(18-2-1-9-30-18)20(23(28)24(26)29)22(27)15-5-8-17-19(12-15)32-11-10-31-17/h1-9,12,21,27H,10-11H2/b22-20-. The second-order valence-electron chi connectivity index (χ2n) is 7.20. The Balaban J connectivity index is 1.66. The number of ether oxygens (including phenoxy) is 2. The summed E-state index contributed by atoms with van der Waals surface area (Å²) in [4.78, 5) is 27.3. The predicted molar refractivity (Wildman–Crippen MR) is 112 cm³/mol. The van der Waals surface area contributed by atoms with Gasteiger partial charge in [-0.15, -0.1) is 0 Å². The van der Waals surface area contributed by atoms with Crippen molar-refractivity contribution in [1.82, 2.24) is 0 Å². The highest BCUT2D eigenvalue weighted by Gasteiger charge is 2.48. The molecule has 0 radical (unpaired) electrons. The summed E-state index contributed by atoms with van der Waals surface area (Å²) in [6.07, 6.45) is 1.43. The number of benzene rings is 2. The van der Waals surface area contributed by atoms with Crippen molar-refractivity contribution in [3.63, 3.8) is 0 Å². The lowest BCUT2D eigenvalue weighted by molar-refractivity contribution is -0.132. The summed E-state index contributed by atoms with van der Waals surface area (Å²) < 4.78 is 16.6. The normalized spacial score (nSPS) is 19.1. The van der Waals surface area contributed by atoms with Crippen LogP contribution in [0.25, 0.3) is 5.76 Å². The van der Waals surface area contributed by atoms with Crippen molar-refractivity contribution in [3.05, 3.63) is 83.3 Å². The van der Waals surface area contributed by atoms with E-state index in [4.69, 9.17) is 19.2 Å². The van der Waals surface area contributed by atoms with Crippen LogP contribution in [0.5, 0.6) is 11.5 Å². The Hall–Kier alpha value is -4.51. The molecular weight excluding hydrogens is 412 g/mol. The SMILES string of the molecule is N#Cc1ccc(N2C(=O)C(=O)/C(=C(\O)c3ccc4c(c3)OCCO4)C2c2ccco2)cc1. The van der Waals surface area contributed by atoms with Crippen LogP contribution in [0.4, 0.5) is 5.69 Å². The number of anilines is 1. The van der Waals surface area contributed by atoms with Crippen LogP contribution in [0, 0.1) is 11.3 Å². The highest BCUT2D eigenvalue weighted by Crippen LogP contribution is 2.43. The first-order valence-electron chi connectivity index (χ1n) is 9.83. The topological polar surface area (TPSA) is 113 Å². The van der Waals surface area contributed by atoms with E-state index in [1.54, 1.807) is 54.6 Å². The second kappa shape index (κ2) is 7.63. The molecule has 8 nitrogen and oxygen atoms in total. The van der Waals surface area contributed by atoms with Gasteiger partial charge in [0, 0.05) is 11.3 Å². The maximum atomic E-state index is 13.1. The summed E-state index contributed by atoms with van der Waals surface area (Å²) in [7, 11) is 0. The Kier molecular flexibility index (Phi) is 4.64. The molecule has 0 bridgehead atoms. The Labute approximate surface area is 182 Å². The number of hydrogen-bond donors (Lipinski definition) is 1. The van der Waals surface area contributed by atoms with E-state index in [0.717, 1.165) is 0 Å². The average Bonchev–Trinajstić information content (AvgIpc) is 3.45. The van der Waals surface area contributed by atoms with Gasteiger partial charge in [-0.2, -0.15) is 5.26 Å². The summed E-state index contributed by atoms with van der Waals surface area (Å²) in [5.74, 6) is -0.714. The Bertz CT molecular complexity index is 1290. The predicted octanol–water partition coefficient (Wildman–Crippen LogP) is 3.55. The molecule has 32 heavy (non-hydrogen) atoms. The Morgan fingerprint density at radius 1 is 1.03 bits per heavy atom. The van der Waals surface area contributed by atoms with E-state index >= 15 is 0 Å². The molecule has 2 aliphatic rings. The van der Waals surface area contributed by atoms with Crippen LogP contribution in [0.2, 0.25) is 0 Å². The zero-order valence-corrected chi connectivity index (χ0v) is 16.6. The molecule has 0 aliphatic carbocycles. The number of aliphatic hydroxyl groups excluding tert-OH is 1. The first-order valence-corrected chi connectivity index (χ1v) is 9.83. The van der Waals surface area contributed by atoms with Crippen LogP contribution in [-0.4, -0.2) is 30.0 Å². The number of carbonyl (C=O) groups is 2.